The van der Waals surface area contributed by atoms with Crippen molar-refractivity contribution in [3.63, 3.8) is 0 Å². The Bertz CT molecular complexity index is 997. The van der Waals surface area contributed by atoms with Crippen molar-refractivity contribution in [1.82, 2.24) is 15.5 Å². The molecule has 0 radical (unpaired) electrons. The largest absolute Gasteiger partial charge is 0.494 e. The summed E-state index contributed by atoms with van der Waals surface area (Å²) in [6.45, 7) is 4.28. The van der Waals surface area contributed by atoms with E-state index in [9.17, 15) is 9.59 Å². The molecule has 0 unspecified atom stereocenters. The number of esters is 1. The van der Waals surface area contributed by atoms with Gasteiger partial charge < -0.3 is 19.3 Å². The van der Waals surface area contributed by atoms with E-state index in [1.807, 2.05) is 31.2 Å². The zero-order valence-corrected chi connectivity index (χ0v) is 17.6. The van der Waals surface area contributed by atoms with Gasteiger partial charge in [-0.1, -0.05) is 48.3 Å². The summed E-state index contributed by atoms with van der Waals surface area (Å²) >= 11 is 0. The van der Waals surface area contributed by atoms with E-state index in [0.29, 0.717) is 23.7 Å². The molecule has 8 heteroatoms. The average Bonchev–Trinajstić information content (AvgIpc) is 3.26. The molecule has 0 aliphatic carbocycles. The number of hydrogen-bond donors (Lipinski definition) is 1. The Morgan fingerprint density at radius 1 is 1.06 bits per heavy atom. The highest BCUT2D eigenvalue weighted by molar-refractivity contribution is 5.96. The number of nitrogens with zero attached hydrogens (tertiary/aromatic N) is 2. The Morgan fingerprint density at radius 2 is 1.81 bits per heavy atom. The third-order valence-corrected chi connectivity index (χ3v) is 4.41. The lowest BCUT2D eigenvalue weighted by atomic mass is 10.1. The zero-order valence-electron chi connectivity index (χ0n) is 17.6. The summed E-state index contributed by atoms with van der Waals surface area (Å²) in [5.74, 6) is 0.309. The molecule has 0 spiro atoms. The van der Waals surface area contributed by atoms with Gasteiger partial charge in [-0.05, 0) is 37.6 Å². The van der Waals surface area contributed by atoms with Crippen molar-refractivity contribution >= 4 is 11.9 Å². The first-order valence-corrected chi connectivity index (χ1v) is 10.1. The van der Waals surface area contributed by atoms with Gasteiger partial charge in [0, 0.05) is 11.1 Å². The normalized spacial score (nSPS) is 10.5. The smallest absolute Gasteiger partial charge is 0.325 e. The van der Waals surface area contributed by atoms with Gasteiger partial charge in [-0.15, -0.1) is 0 Å². The number of unbranched alkanes of at least 4 members (excludes halogenated alkanes) is 1. The van der Waals surface area contributed by atoms with Crippen molar-refractivity contribution in [2.45, 2.75) is 33.3 Å². The number of ether oxygens (including phenoxy) is 2. The Hall–Kier alpha value is -3.68. The minimum Gasteiger partial charge on any atom is -0.494 e. The predicted octanol–water partition coefficient (Wildman–Crippen LogP) is 3.70. The molecular weight excluding hydrogens is 398 g/mol. The summed E-state index contributed by atoms with van der Waals surface area (Å²) in [6, 6.07) is 14.4. The number of nitrogens with one attached hydrogen (secondary N) is 1. The van der Waals surface area contributed by atoms with Crippen LogP contribution in [-0.4, -0.2) is 35.2 Å². The van der Waals surface area contributed by atoms with Crippen LogP contribution in [0.5, 0.6) is 5.75 Å². The van der Waals surface area contributed by atoms with Gasteiger partial charge in [-0.25, -0.2) is 0 Å². The van der Waals surface area contributed by atoms with Crippen molar-refractivity contribution < 1.29 is 23.6 Å². The number of hydrogen-bond acceptors (Lipinski definition) is 7. The van der Waals surface area contributed by atoms with Crippen LogP contribution in [0.4, 0.5) is 0 Å². The van der Waals surface area contributed by atoms with E-state index in [2.05, 4.69) is 22.4 Å². The minimum absolute atomic E-state index is 0.169. The van der Waals surface area contributed by atoms with Gasteiger partial charge in [-0.2, -0.15) is 4.98 Å². The monoisotopic (exact) mass is 423 g/mol. The third kappa shape index (κ3) is 6.67. The van der Waals surface area contributed by atoms with Crippen LogP contribution in [0.1, 0.15) is 41.6 Å². The van der Waals surface area contributed by atoms with Gasteiger partial charge in [0.2, 0.25) is 5.82 Å². The van der Waals surface area contributed by atoms with Gasteiger partial charge in [0.05, 0.1) is 6.61 Å². The highest BCUT2D eigenvalue weighted by Gasteiger charge is 2.13. The molecular formula is C23H25N3O5. The van der Waals surface area contributed by atoms with E-state index in [1.54, 1.807) is 24.3 Å². The van der Waals surface area contributed by atoms with E-state index in [1.165, 1.54) is 0 Å². The molecule has 1 amide bonds. The third-order valence-electron chi connectivity index (χ3n) is 4.41. The Labute approximate surface area is 180 Å². The highest BCUT2D eigenvalue weighted by atomic mass is 16.6. The maximum Gasteiger partial charge on any atom is 0.325 e. The van der Waals surface area contributed by atoms with Crippen LogP contribution in [0, 0.1) is 6.92 Å². The predicted molar refractivity (Wildman–Crippen MR) is 113 cm³/mol. The van der Waals surface area contributed by atoms with Crippen molar-refractivity contribution in [2.24, 2.45) is 0 Å². The van der Waals surface area contributed by atoms with Gasteiger partial charge in [-0.3, -0.25) is 9.59 Å². The van der Waals surface area contributed by atoms with Crippen LogP contribution in [0.2, 0.25) is 0 Å². The van der Waals surface area contributed by atoms with E-state index in [4.69, 9.17) is 14.0 Å². The average molecular weight is 423 g/mol. The topological polar surface area (TPSA) is 104 Å². The van der Waals surface area contributed by atoms with Crippen molar-refractivity contribution in [2.75, 3.05) is 13.2 Å². The summed E-state index contributed by atoms with van der Waals surface area (Å²) in [5.41, 5.74) is 2.36. The Kier molecular flexibility index (Phi) is 7.75. The number of aromatic nitrogens is 2. The van der Waals surface area contributed by atoms with Crippen LogP contribution in [0.15, 0.2) is 53.1 Å². The molecule has 0 saturated carbocycles. The maximum atomic E-state index is 12.2. The summed E-state index contributed by atoms with van der Waals surface area (Å²) < 4.78 is 15.8. The maximum absolute atomic E-state index is 12.2. The molecule has 31 heavy (non-hydrogen) atoms. The number of rotatable bonds is 10. The fraction of sp³-hybridized carbons (Fsp3) is 0.304. The van der Waals surface area contributed by atoms with Gasteiger partial charge in [0.15, 0.2) is 6.61 Å². The lowest BCUT2D eigenvalue weighted by Crippen LogP contribution is -2.30. The molecule has 162 valence electrons. The summed E-state index contributed by atoms with van der Waals surface area (Å²) in [7, 11) is 0. The van der Waals surface area contributed by atoms with E-state index < -0.39 is 5.97 Å². The van der Waals surface area contributed by atoms with E-state index in [-0.39, 0.29) is 24.9 Å². The molecule has 1 N–H and O–H groups in total. The van der Waals surface area contributed by atoms with Gasteiger partial charge >= 0.3 is 5.97 Å². The number of carbonyl (C=O) groups excluding carboxylic acids is 2. The Morgan fingerprint density at radius 3 is 2.52 bits per heavy atom. The van der Waals surface area contributed by atoms with Crippen LogP contribution < -0.4 is 10.1 Å². The Balaban J connectivity index is 1.42. The number of benzene rings is 2. The molecule has 3 rings (SSSR count). The summed E-state index contributed by atoms with van der Waals surface area (Å²) in [4.78, 5) is 28.3. The molecule has 0 fully saturated rings. The van der Waals surface area contributed by atoms with Crippen molar-refractivity contribution in [1.29, 1.82) is 0 Å². The second-order valence-electron chi connectivity index (χ2n) is 6.95. The van der Waals surface area contributed by atoms with Crippen LogP contribution in [-0.2, 0) is 16.1 Å². The number of amides is 1. The zero-order chi connectivity index (χ0) is 22.1. The summed E-state index contributed by atoms with van der Waals surface area (Å²) in [6.07, 6.45) is 2.03. The highest BCUT2D eigenvalue weighted by Crippen LogP contribution is 2.16. The number of carbonyl (C=O) groups is 2. The first-order chi connectivity index (χ1) is 15.0. The SMILES string of the molecule is CCCCOc1ccc(C(=O)NCC(=O)OCc2nc(-c3ccc(C)cc3)no2)cc1. The minimum atomic E-state index is -0.608. The second kappa shape index (κ2) is 10.9. The van der Waals surface area contributed by atoms with Gasteiger partial charge in [0.1, 0.15) is 12.3 Å². The molecule has 1 heterocycles. The molecule has 0 saturated heterocycles. The lowest BCUT2D eigenvalue weighted by molar-refractivity contribution is -0.144. The van der Waals surface area contributed by atoms with Crippen molar-refractivity contribution in [3.8, 4) is 17.1 Å². The fourth-order valence-corrected chi connectivity index (χ4v) is 2.62. The first kappa shape index (κ1) is 22.0. The molecule has 0 atom stereocenters. The summed E-state index contributed by atoms with van der Waals surface area (Å²) in [5, 5.41) is 6.40. The van der Waals surface area contributed by atoms with Gasteiger partial charge in [0.25, 0.3) is 11.8 Å². The molecule has 1 aromatic heterocycles. The van der Waals surface area contributed by atoms with Crippen LogP contribution in [0.3, 0.4) is 0 Å². The standard InChI is InChI=1S/C23H25N3O5/c1-3-4-13-29-19-11-9-18(10-12-19)23(28)24-14-21(27)30-15-20-25-22(26-31-20)17-7-5-16(2)6-8-17/h5-12H,3-4,13-15H2,1-2H3,(H,24,28). The molecule has 0 aliphatic heterocycles. The van der Waals surface area contributed by atoms with E-state index in [0.717, 1.165) is 24.0 Å². The fourth-order valence-electron chi connectivity index (χ4n) is 2.62. The molecule has 0 aliphatic rings. The quantitative estimate of drug-likeness (QED) is 0.392. The first-order valence-electron chi connectivity index (χ1n) is 10.1. The van der Waals surface area contributed by atoms with Crippen LogP contribution in [0.25, 0.3) is 11.4 Å². The lowest BCUT2D eigenvalue weighted by Gasteiger charge is -2.07. The second-order valence-corrected chi connectivity index (χ2v) is 6.95. The molecule has 2 aromatic carbocycles. The van der Waals surface area contributed by atoms with Crippen LogP contribution >= 0.6 is 0 Å². The van der Waals surface area contributed by atoms with E-state index >= 15 is 0 Å². The number of aryl methyl sites for hydroxylation is 1. The molecule has 3 aromatic rings. The molecule has 0 bridgehead atoms. The molecule has 8 nitrogen and oxygen atoms in total. The van der Waals surface area contributed by atoms with Crippen molar-refractivity contribution in [3.05, 3.63) is 65.5 Å².